The molecule has 0 radical (unpaired) electrons. The fraction of sp³-hybridized carbons (Fsp3) is 0.269. The topological polar surface area (TPSA) is 48.9 Å². The number of hydrogen-bond donors (Lipinski definition) is 2. The lowest BCUT2D eigenvalue weighted by atomic mass is 9.89. The predicted octanol–water partition coefficient (Wildman–Crippen LogP) is 6.04. The van der Waals surface area contributed by atoms with Crippen LogP contribution in [0.3, 0.4) is 0 Å². The number of benzene rings is 3. The second kappa shape index (κ2) is 6.57. The number of aromatic nitrogens is 2. The van der Waals surface area contributed by atoms with Crippen LogP contribution >= 0.6 is 0 Å². The molecule has 5 rings (SSSR count). The van der Waals surface area contributed by atoms with Gasteiger partial charge in [-0.3, -0.25) is 0 Å². The first kappa shape index (κ1) is 18.1. The zero-order valence-electron chi connectivity index (χ0n) is 17.1. The molecule has 4 aromatic rings. The average molecular weight is 383 g/mol. The fourth-order valence-electron chi connectivity index (χ4n) is 4.32. The van der Waals surface area contributed by atoms with Crippen LogP contribution in [-0.4, -0.2) is 15.1 Å². The summed E-state index contributed by atoms with van der Waals surface area (Å²) in [6.07, 6.45) is 1.15. The molecule has 1 fully saturated rings. The van der Waals surface area contributed by atoms with Gasteiger partial charge < -0.3 is 10.1 Å². The average Bonchev–Trinajstić information content (AvgIpc) is 3.39. The third kappa shape index (κ3) is 3.36. The van der Waals surface area contributed by atoms with Crippen molar-refractivity contribution >= 4 is 11.0 Å². The summed E-state index contributed by atoms with van der Waals surface area (Å²) in [5.41, 5.74) is 6.95. The fourth-order valence-corrected chi connectivity index (χ4v) is 4.32. The summed E-state index contributed by atoms with van der Waals surface area (Å²) in [4.78, 5) is 8.43. The predicted molar refractivity (Wildman–Crippen MR) is 118 cm³/mol. The third-order valence-corrected chi connectivity index (χ3v) is 6.04. The van der Waals surface area contributed by atoms with E-state index in [0.29, 0.717) is 11.8 Å². The van der Waals surface area contributed by atoms with E-state index in [1.54, 1.807) is 0 Å². The van der Waals surface area contributed by atoms with E-state index >= 15 is 0 Å². The Morgan fingerprint density at radius 3 is 2.48 bits per heavy atom. The third-order valence-electron chi connectivity index (χ3n) is 6.04. The Hall–Kier alpha value is -2.91. The minimum atomic E-state index is -0.889. The molecule has 1 saturated carbocycles. The van der Waals surface area contributed by atoms with Crippen molar-refractivity contribution < 1.29 is 5.11 Å². The lowest BCUT2D eigenvalue weighted by Gasteiger charge is -2.21. The maximum absolute atomic E-state index is 10.6. The molecule has 0 unspecified atom stereocenters. The molecule has 0 amide bonds. The molecule has 0 aliphatic heterocycles. The van der Waals surface area contributed by atoms with Gasteiger partial charge in [0.1, 0.15) is 5.82 Å². The van der Waals surface area contributed by atoms with Gasteiger partial charge in [-0.25, -0.2) is 4.98 Å². The van der Waals surface area contributed by atoms with Crippen molar-refractivity contribution in [2.45, 2.75) is 44.6 Å². The Kier molecular flexibility index (Phi) is 4.11. The van der Waals surface area contributed by atoms with Crippen molar-refractivity contribution in [3.05, 3.63) is 89.2 Å². The minimum Gasteiger partial charge on any atom is -0.386 e. The van der Waals surface area contributed by atoms with E-state index in [9.17, 15) is 5.11 Å². The van der Waals surface area contributed by atoms with Crippen LogP contribution in [0.5, 0.6) is 0 Å². The Morgan fingerprint density at radius 2 is 1.72 bits per heavy atom. The SMILES string of the molecule is Cc1ccc([C@@H]2C[C@H]2c2nc3ccc(-c4ccccc4C(C)(C)O)cc3[nH]2)cc1. The molecule has 3 aromatic carbocycles. The Morgan fingerprint density at radius 1 is 0.966 bits per heavy atom. The Labute approximate surface area is 171 Å². The zero-order chi connectivity index (χ0) is 20.2. The number of imidazole rings is 1. The van der Waals surface area contributed by atoms with Crippen molar-refractivity contribution in [1.29, 1.82) is 0 Å². The number of aryl methyl sites for hydroxylation is 1. The van der Waals surface area contributed by atoms with Crippen molar-refractivity contribution in [3.63, 3.8) is 0 Å². The highest BCUT2D eigenvalue weighted by molar-refractivity contribution is 5.83. The van der Waals surface area contributed by atoms with Gasteiger partial charge in [-0.1, -0.05) is 60.2 Å². The van der Waals surface area contributed by atoms with Gasteiger partial charge in [-0.05, 0) is 67.5 Å². The lowest BCUT2D eigenvalue weighted by Crippen LogP contribution is -2.16. The van der Waals surface area contributed by atoms with Crippen molar-refractivity contribution in [2.75, 3.05) is 0 Å². The molecule has 1 aliphatic rings. The van der Waals surface area contributed by atoms with Crippen molar-refractivity contribution in [2.24, 2.45) is 0 Å². The maximum Gasteiger partial charge on any atom is 0.110 e. The van der Waals surface area contributed by atoms with Gasteiger partial charge in [-0.15, -0.1) is 0 Å². The maximum atomic E-state index is 10.6. The molecule has 2 atom stereocenters. The van der Waals surface area contributed by atoms with Crippen LogP contribution in [-0.2, 0) is 5.60 Å². The van der Waals surface area contributed by atoms with Crippen LogP contribution < -0.4 is 0 Å². The van der Waals surface area contributed by atoms with E-state index in [2.05, 4.69) is 60.4 Å². The number of rotatable bonds is 4. The summed E-state index contributed by atoms with van der Waals surface area (Å²) >= 11 is 0. The minimum absolute atomic E-state index is 0.470. The number of fused-ring (bicyclic) bond motifs is 1. The lowest BCUT2D eigenvalue weighted by molar-refractivity contribution is 0.0792. The van der Waals surface area contributed by atoms with Gasteiger partial charge in [0.25, 0.3) is 0 Å². The molecule has 2 N–H and O–H groups in total. The molecule has 3 nitrogen and oxygen atoms in total. The highest BCUT2D eigenvalue weighted by atomic mass is 16.3. The second-order valence-electron chi connectivity index (χ2n) is 8.82. The van der Waals surface area contributed by atoms with E-state index in [0.717, 1.165) is 40.0 Å². The summed E-state index contributed by atoms with van der Waals surface area (Å²) in [5.74, 6) is 2.11. The summed E-state index contributed by atoms with van der Waals surface area (Å²) in [6.45, 7) is 5.79. The van der Waals surface area contributed by atoms with Gasteiger partial charge in [0.05, 0.1) is 16.6 Å². The van der Waals surface area contributed by atoms with E-state index in [4.69, 9.17) is 4.98 Å². The first-order valence-electron chi connectivity index (χ1n) is 10.3. The Bertz CT molecular complexity index is 1180. The molecule has 0 bridgehead atoms. The van der Waals surface area contributed by atoms with Crippen LogP contribution in [0.4, 0.5) is 0 Å². The number of aromatic amines is 1. The summed E-state index contributed by atoms with van der Waals surface area (Å²) in [6, 6.07) is 23.3. The number of aliphatic hydroxyl groups is 1. The number of nitrogens with one attached hydrogen (secondary N) is 1. The van der Waals surface area contributed by atoms with Gasteiger partial charge in [-0.2, -0.15) is 0 Å². The molecule has 29 heavy (non-hydrogen) atoms. The quantitative estimate of drug-likeness (QED) is 0.452. The number of nitrogens with zero attached hydrogens (tertiary/aromatic N) is 1. The second-order valence-corrected chi connectivity index (χ2v) is 8.82. The van der Waals surface area contributed by atoms with Crippen LogP contribution in [0.2, 0.25) is 0 Å². The molecule has 1 aromatic heterocycles. The smallest absolute Gasteiger partial charge is 0.110 e. The molecular weight excluding hydrogens is 356 g/mol. The van der Waals surface area contributed by atoms with Crippen molar-refractivity contribution in [3.8, 4) is 11.1 Å². The summed E-state index contributed by atoms with van der Waals surface area (Å²) < 4.78 is 0. The highest BCUT2D eigenvalue weighted by Gasteiger charge is 2.41. The zero-order valence-corrected chi connectivity index (χ0v) is 17.1. The molecular formula is C26H26N2O. The van der Waals surface area contributed by atoms with Crippen LogP contribution in [0, 0.1) is 6.92 Å². The number of hydrogen-bond acceptors (Lipinski definition) is 2. The summed E-state index contributed by atoms with van der Waals surface area (Å²) in [5, 5.41) is 10.6. The van der Waals surface area contributed by atoms with Gasteiger partial charge in [0, 0.05) is 5.92 Å². The van der Waals surface area contributed by atoms with E-state index < -0.39 is 5.60 Å². The van der Waals surface area contributed by atoms with Crippen LogP contribution in [0.25, 0.3) is 22.2 Å². The molecule has 3 heteroatoms. The highest BCUT2D eigenvalue weighted by Crippen LogP contribution is 2.54. The van der Waals surface area contributed by atoms with Crippen LogP contribution in [0.1, 0.15) is 54.6 Å². The first-order chi connectivity index (χ1) is 13.9. The monoisotopic (exact) mass is 382 g/mol. The molecule has 1 aliphatic carbocycles. The Balaban J connectivity index is 1.47. The molecule has 0 saturated heterocycles. The summed E-state index contributed by atoms with van der Waals surface area (Å²) in [7, 11) is 0. The largest absolute Gasteiger partial charge is 0.386 e. The number of H-pyrrole nitrogens is 1. The molecule has 0 spiro atoms. The van der Waals surface area contributed by atoms with E-state index in [1.165, 1.54) is 11.1 Å². The van der Waals surface area contributed by atoms with E-state index in [1.807, 2.05) is 32.0 Å². The van der Waals surface area contributed by atoms with Gasteiger partial charge in [0.15, 0.2) is 0 Å². The normalized spacial score (nSPS) is 18.9. The van der Waals surface area contributed by atoms with Gasteiger partial charge >= 0.3 is 0 Å². The van der Waals surface area contributed by atoms with Crippen LogP contribution in [0.15, 0.2) is 66.7 Å². The van der Waals surface area contributed by atoms with Gasteiger partial charge in [0.2, 0.25) is 0 Å². The van der Waals surface area contributed by atoms with E-state index in [-0.39, 0.29) is 0 Å². The first-order valence-corrected chi connectivity index (χ1v) is 10.3. The van der Waals surface area contributed by atoms with Crippen molar-refractivity contribution in [1.82, 2.24) is 9.97 Å². The molecule has 1 heterocycles. The standard InChI is InChI=1S/C26H26N2O/c1-16-8-10-17(11-9-16)20-15-21(20)25-27-23-13-12-18(14-24(23)28-25)19-6-4-5-7-22(19)26(2,3)29/h4-14,20-21,29H,15H2,1-3H3,(H,27,28)/t20-,21+/m0/s1. The molecule has 146 valence electrons.